The highest BCUT2D eigenvalue weighted by molar-refractivity contribution is 6.74. The zero-order chi connectivity index (χ0) is 37.9. The van der Waals surface area contributed by atoms with Crippen molar-refractivity contribution in [1.82, 2.24) is 0 Å². The van der Waals surface area contributed by atoms with Crippen LogP contribution in [0.15, 0.2) is 103 Å². The first-order valence-electron chi connectivity index (χ1n) is 17.0. The van der Waals surface area contributed by atoms with E-state index in [2.05, 4.69) is 33.9 Å². The summed E-state index contributed by atoms with van der Waals surface area (Å²) >= 11 is 0. The number of anilines is 1. The molecule has 1 heterocycles. The normalized spacial score (nSPS) is 19.7. The summed E-state index contributed by atoms with van der Waals surface area (Å²) in [6.45, 7) is 10.4. The smallest absolute Gasteiger partial charge is 0.471 e. The molecule has 0 radical (unpaired) electrons. The fourth-order valence-electron chi connectivity index (χ4n) is 6.03. The van der Waals surface area contributed by atoms with Gasteiger partial charge in [-0.15, -0.1) is 0 Å². The van der Waals surface area contributed by atoms with E-state index in [4.69, 9.17) is 23.4 Å². The van der Waals surface area contributed by atoms with Crippen molar-refractivity contribution in [2.75, 3.05) is 26.1 Å². The largest absolute Gasteiger partial charge is 0.497 e. The number of halogens is 3. The van der Waals surface area contributed by atoms with Crippen LogP contribution in [0.4, 0.5) is 18.9 Å². The number of ether oxygens (including phenoxy) is 4. The molecule has 4 atom stereocenters. The van der Waals surface area contributed by atoms with Gasteiger partial charge >= 0.3 is 12.1 Å². The molecule has 1 saturated heterocycles. The Labute approximate surface area is 304 Å². The van der Waals surface area contributed by atoms with Crippen molar-refractivity contribution in [2.45, 2.75) is 75.1 Å². The van der Waals surface area contributed by atoms with Gasteiger partial charge in [0.05, 0.1) is 20.8 Å². The van der Waals surface area contributed by atoms with Gasteiger partial charge in [0.2, 0.25) is 0 Å². The Morgan fingerprint density at radius 2 is 1.29 bits per heavy atom. The molecule has 0 saturated carbocycles. The molecule has 0 aliphatic carbocycles. The summed E-state index contributed by atoms with van der Waals surface area (Å²) in [5.74, 6) is -0.723. The highest BCUT2D eigenvalue weighted by Gasteiger charge is 2.51. The van der Waals surface area contributed by atoms with E-state index >= 15 is 0 Å². The standard InChI is InChI=1S/C40H46F3NO7Si/c1-38(2,3)52(6,7)51-36-34(45)33(50-35(36)26-13-19-30(20-14-26)44-37(46)40(41,42)43)25-49-39(27-11-9-8-10-12-27,28-15-21-31(47-4)22-16-28)29-17-23-32(48-5)24-18-29/h8-24,33-36,45H,25H2,1-7H3,(H,44,46)/t33-,34-,35+,36-/m1/s1. The Kier molecular flexibility index (Phi) is 11.6. The number of benzene rings is 4. The molecule has 5 rings (SSSR count). The highest BCUT2D eigenvalue weighted by Crippen LogP contribution is 2.46. The van der Waals surface area contributed by atoms with E-state index in [0.29, 0.717) is 17.1 Å². The number of hydrogen-bond donors (Lipinski definition) is 2. The maximum atomic E-state index is 12.9. The number of rotatable bonds is 12. The molecule has 12 heteroatoms. The number of alkyl halides is 3. The average molecular weight is 738 g/mol. The van der Waals surface area contributed by atoms with Crippen LogP contribution in [-0.2, 0) is 24.3 Å². The van der Waals surface area contributed by atoms with Crippen LogP contribution in [0.1, 0.15) is 49.1 Å². The van der Waals surface area contributed by atoms with Crippen LogP contribution in [0.5, 0.6) is 11.5 Å². The first-order valence-corrected chi connectivity index (χ1v) is 19.9. The van der Waals surface area contributed by atoms with Gasteiger partial charge in [-0.3, -0.25) is 4.79 Å². The minimum Gasteiger partial charge on any atom is -0.497 e. The van der Waals surface area contributed by atoms with Crippen LogP contribution in [0.25, 0.3) is 0 Å². The molecule has 0 aromatic heterocycles. The molecule has 4 aromatic rings. The molecule has 4 aromatic carbocycles. The van der Waals surface area contributed by atoms with E-state index in [0.717, 1.165) is 16.7 Å². The SMILES string of the molecule is COc1ccc(C(OC[C@H]2O[C@@H](c3ccc(NC(=O)C(F)(F)F)cc3)[C@H](O[Si](C)(C)C(C)(C)C)[C@@H]2O)(c2ccccc2)c2ccc(OC)cc2)cc1. The second kappa shape index (κ2) is 15.4. The maximum absolute atomic E-state index is 12.9. The zero-order valence-corrected chi connectivity index (χ0v) is 31.4. The van der Waals surface area contributed by atoms with Crippen molar-refractivity contribution < 1.29 is 46.4 Å². The van der Waals surface area contributed by atoms with Gasteiger partial charge in [0.25, 0.3) is 0 Å². The predicted molar refractivity (Wildman–Crippen MR) is 195 cm³/mol. The molecule has 2 N–H and O–H groups in total. The van der Waals surface area contributed by atoms with Crippen molar-refractivity contribution in [2.24, 2.45) is 0 Å². The summed E-state index contributed by atoms with van der Waals surface area (Å²) in [5.41, 5.74) is 1.81. The lowest BCUT2D eigenvalue weighted by Gasteiger charge is -2.40. The summed E-state index contributed by atoms with van der Waals surface area (Å²) in [5, 5.41) is 13.7. The van der Waals surface area contributed by atoms with Gasteiger partial charge in [-0.2, -0.15) is 13.2 Å². The number of nitrogens with one attached hydrogen (secondary N) is 1. The third-order valence-corrected chi connectivity index (χ3v) is 14.4. The molecule has 1 amide bonds. The van der Waals surface area contributed by atoms with Crippen molar-refractivity contribution in [3.05, 3.63) is 125 Å². The molecule has 278 valence electrons. The van der Waals surface area contributed by atoms with Gasteiger partial charge in [0.1, 0.15) is 41.5 Å². The van der Waals surface area contributed by atoms with Gasteiger partial charge in [-0.05, 0) is 76.8 Å². The molecular weight excluding hydrogens is 692 g/mol. The van der Waals surface area contributed by atoms with Gasteiger partial charge in [0.15, 0.2) is 8.32 Å². The molecule has 52 heavy (non-hydrogen) atoms. The molecule has 0 bridgehead atoms. The molecular formula is C40H46F3NO7Si. The number of amides is 1. The number of hydrogen-bond acceptors (Lipinski definition) is 7. The number of carbonyl (C=O) groups is 1. The Hall–Kier alpha value is -4.20. The Bertz CT molecular complexity index is 1730. The minimum atomic E-state index is -5.03. The average Bonchev–Trinajstić information content (AvgIpc) is 3.42. The zero-order valence-electron chi connectivity index (χ0n) is 30.4. The monoisotopic (exact) mass is 737 g/mol. The van der Waals surface area contributed by atoms with Crippen LogP contribution < -0.4 is 14.8 Å². The third-order valence-electron chi connectivity index (χ3n) is 9.97. The van der Waals surface area contributed by atoms with Crippen LogP contribution >= 0.6 is 0 Å². The van der Waals surface area contributed by atoms with Crippen LogP contribution in [-0.4, -0.2) is 64.6 Å². The topological polar surface area (TPSA) is 95.5 Å². The lowest BCUT2D eigenvalue weighted by atomic mass is 9.80. The molecule has 0 unspecified atom stereocenters. The van der Waals surface area contributed by atoms with E-state index < -0.39 is 50.4 Å². The molecule has 1 fully saturated rings. The van der Waals surface area contributed by atoms with E-state index in [1.165, 1.54) is 12.1 Å². The van der Waals surface area contributed by atoms with Gasteiger partial charge in [0, 0.05) is 5.69 Å². The van der Waals surface area contributed by atoms with E-state index in [9.17, 15) is 23.1 Å². The fraction of sp³-hybridized carbons (Fsp3) is 0.375. The van der Waals surface area contributed by atoms with Gasteiger partial charge in [-0.1, -0.05) is 87.5 Å². The predicted octanol–water partition coefficient (Wildman–Crippen LogP) is 8.40. The number of aliphatic hydroxyl groups excluding tert-OH is 1. The summed E-state index contributed by atoms with van der Waals surface area (Å²) in [6.07, 6.45) is -8.65. The Morgan fingerprint density at radius 3 is 1.75 bits per heavy atom. The molecule has 1 aliphatic heterocycles. The minimum absolute atomic E-state index is 0.0296. The highest BCUT2D eigenvalue weighted by atomic mass is 28.4. The van der Waals surface area contributed by atoms with E-state index in [1.54, 1.807) is 26.4 Å². The summed E-state index contributed by atoms with van der Waals surface area (Å²) in [4.78, 5) is 11.6. The van der Waals surface area contributed by atoms with E-state index in [-0.39, 0.29) is 17.3 Å². The maximum Gasteiger partial charge on any atom is 0.471 e. The fourth-order valence-corrected chi connectivity index (χ4v) is 7.33. The quantitative estimate of drug-likeness (QED) is 0.111. The number of aliphatic hydroxyl groups is 1. The Morgan fingerprint density at radius 1 is 0.788 bits per heavy atom. The Balaban J connectivity index is 1.54. The molecule has 1 aliphatic rings. The lowest BCUT2D eigenvalue weighted by Crippen LogP contribution is -2.48. The molecule has 8 nitrogen and oxygen atoms in total. The first kappa shape index (κ1) is 39.0. The summed E-state index contributed by atoms with van der Waals surface area (Å²) in [7, 11) is 0.709. The van der Waals surface area contributed by atoms with Crippen LogP contribution in [0.3, 0.4) is 0 Å². The van der Waals surface area contributed by atoms with Crippen molar-refractivity contribution in [3.8, 4) is 11.5 Å². The first-order chi connectivity index (χ1) is 24.5. The van der Waals surface area contributed by atoms with Gasteiger partial charge < -0.3 is 33.8 Å². The second-order valence-corrected chi connectivity index (χ2v) is 19.1. The number of methoxy groups -OCH3 is 2. The van der Waals surface area contributed by atoms with Crippen molar-refractivity contribution >= 4 is 19.9 Å². The second-order valence-electron chi connectivity index (χ2n) is 14.3. The third kappa shape index (κ3) is 8.21. The van der Waals surface area contributed by atoms with Gasteiger partial charge in [-0.25, -0.2) is 0 Å². The summed E-state index contributed by atoms with van der Waals surface area (Å²) in [6, 6.07) is 30.8. The molecule has 0 spiro atoms. The number of carbonyl (C=O) groups excluding carboxylic acids is 1. The van der Waals surface area contributed by atoms with Crippen molar-refractivity contribution in [1.29, 1.82) is 0 Å². The van der Waals surface area contributed by atoms with Crippen molar-refractivity contribution in [3.63, 3.8) is 0 Å². The summed E-state index contributed by atoms with van der Waals surface area (Å²) < 4.78 is 70.1. The van der Waals surface area contributed by atoms with Crippen LogP contribution in [0.2, 0.25) is 18.1 Å². The van der Waals surface area contributed by atoms with Crippen LogP contribution in [0, 0.1) is 0 Å². The lowest BCUT2D eigenvalue weighted by molar-refractivity contribution is -0.167. The van der Waals surface area contributed by atoms with E-state index in [1.807, 2.05) is 84.2 Å².